The molecule has 2 rings (SSSR count). The summed E-state index contributed by atoms with van der Waals surface area (Å²) < 4.78 is 0. The van der Waals surface area contributed by atoms with Gasteiger partial charge < -0.3 is 10.3 Å². The van der Waals surface area contributed by atoms with E-state index < -0.39 is 0 Å². The standard InChI is InChI=1S/C15H25N3O/c1-10(2)15-17-13(9-14(19)18-15)16-11(3)12-7-5-4-6-8-12/h9-12H,4-8H2,1-3H3,(H2,16,17,18,19). The van der Waals surface area contributed by atoms with Gasteiger partial charge in [0.05, 0.1) is 0 Å². The van der Waals surface area contributed by atoms with Crippen molar-refractivity contribution in [1.82, 2.24) is 9.97 Å². The molecule has 1 unspecified atom stereocenters. The second-order valence-corrected chi connectivity index (χ2v) is 6.00. The molecule has 0 spiro atoms. The lowest BCUT2D eigenvalue weighted by Crippen LogP contribution is -2.29. The van der Waals surface area contributed by atoms with Crippen molar-refractivity contribution in [3.8, 4) is 0 Å². The highest BCUT2D eigenvalue weighted by Crippen LogP contribution is 2.27. The quantitative estimate of drug-likeness (QED) is 0.876. The fourth-order valence-corrected chi connectivity index (χ4v) is 2.81. The summed E-state index contributed by atoms with van der Waals surface area (Å²) in [6.07, 6.45) is 6.60. The highest BCUT2D eigenvalue weighted by Gasteiger charge is 2.20. The number of nitrogens with one attached hydrogen (secondary N) is 2. The summed E-state index contributed by atoms with van der Waals surface area (Å²) in [6.45, 7) is 6.27. The summed E-state index contributed by atoms with van der Waals surface area (Å²) in [4.78, 5) is 18.9. The normalized spacial score (nSPS) is 18.5. The van der Waals surface area contributed by atoms with Gasteiger partial charge in [0.25, 0.3) is 5.56 Å². The topological polar surface area (TPSA) is 57.8 Å². The number of rotatable bonds is 4. The number of aromatic nitrogens is 2. The van der Waals surface area contributed by atoms with Crippen LogP contribution in [0.2, 0.25) is 0 Å². The molecule has 1 atom stereocenters. The van der Waals surface area contributed by atoms with Crippen molar-refractivity contribution in [3.63, 3.8) is 0 Å². The zero-order valence-electron chi connectivity index (χ0n) is 12.2. The van der Waals surface area contributed by atoms with Gasteiger partial charge in [0.1, 0.15) is 11.6 Å². The molecule has 4 nitrogen and oxygen atoms in total. The largest absolute Gasteiger partial charge is 0.367 e. The van der Waals surface area contributed by atoms with Gasteiger partial charge in [-0.25, -0.2) is 4.98 Å². The average Bonchev–Trinajstić information content (AvgIpc) is 2.39. The predicted molar refractivity (Wildman–Crippen MR) is 78.6 cm³/mol. The first-order valence-corrected chi connectivity index (χ1v) is 7.44. The van der Waals surface area contributed by atoms with Crippen molar-refractivity contribution in [2.75, 3.05) is 5.32 Å². The minimum Gasteiger partial charge on any atom is -0.367 e. The molecule has 1 fully saturated rings. The van der Waals surface area contributed by atoms with E-state index in [9.17, 15) is 4.79 Å². The molecule has 1 saturated carbocycles. The summed E-state index contributed by atoms with van der Waals surface area (Å²) >= 11 is 0. The van der Waals surface area contributed by atoms with Gasteiger partial charge >= 0.3 is 0 Å². The van der Waals surface area contributed by atoms with Gasteiger partial charge in [-0.2, -0.15) is 0 Å². The third-order valence-electron chi connectivity index (χ3n) is 4.04. The van der Waals surface area contributed by atoms with Crippen LogP contribution in [0.25, 0.3) is 0 Å². The van der Waals surface area contributed by atoms with Crippen LogP contribution in [0.5, 0.6) is 0 Å². The lowest BCUT2D eigenvalue weighted by Gasteiger charge is -2.28. The summed E-state index contributed by atoms with van der Waals surface area (Å²) in [5.41, 5.74) is -0.0722. The molecular weight excluding hydrogens is 238 g/mol. The SMILES string of the molecule is CC(C)c1nc(NC(C)C2CCCCC2)cc(=O)[nH]1. The Balaban J connectivity index is 2.07. The Kier molecular flexibility index (Phi) is 4.61. The predicted octanol–water partition coefficient (Wildman–Crippen LogP) is 3.27. The summed E-state index contributed by atoms with van der Waals surface area (Å²) in [5.74, 6) is 2.41. The lowest BCUT2D eigenvalue weighted by molar-refractivity contribution is 0.328. The van der Waals surface area contributed by atoms with E-state index in [4.69, 9.17) is 0 Å². The van der Waals surface area contributed by atoms with E-state index in [-0.39, 0.29) is 11.5 Å². The van der Waals surface area contributed by atoms with Crippen molar-refractivity contribution in [3.05, 3.63) is 22.2 Å². The van der Waals surface area contributed by atoms with Crippen LogP contribution >= 0.6 is 0 Å². The Morgan fingerprint density at radius 1 is 1.26 bits per heavy atom. The van der Waals surface area contributed by atoms with Crippen molar-refractivity contribution in [1.29, 1.82) is 0 Å². The van der Waals surface area contributed by atoms with Crippen molar-refractivity contribution in [2.24, 2.45) is 5.92 Å². The minimum absolute atomic E-state index is 0.0722. The van der Waals surface area contributed by atoms with Gasteiger partial charge in [-0.1, -0.05) is 33.1 Å². The molecule has 1 aromatic rings. The Labute approximate surface area is 115 Å². The molecule has 0 aliphatic heterocycles. The molecule has 1 aliphatic rings. The van der Waals surface area contributed by atoms with Crippen molar-refractivity contribution >= 4 is 5.82 Å². The van der Waals surface area contributed by atoms with Crippen molar-refractivity contribution in [2.45, 2.75) is 64.8 Å². The molecule has 0 bridgehead atoms. The second-order valence-electron chi connectivity index (χ2n) is 6.00. The van der Waals surface area contributed by atoms with Crippen LogP contribution in [0.1, 0.15) is 64.6 Å². The van der Waals surface area contributed by atoms with Crippen LogP contribution in [0.15, 0.2) is 10.9 Å². The van der Waals surface area contributed by atoms with Gasteiger partial charge in [-0.3, -0.25) is 4.79 Å². The molecule has 2 N–H and O–H groups in total. The van der Waals surface area contributed by atoms with Gasteiger partial charge in [-0.05, 0) is 25.7 Å². The molecule has 1 aromatic heterocycles. The molecular formula is C15H25N3O. The number of hydrogen-bond acceptors (Lipinski definition) is 3. The number of aromatic amines is 1. The highest BCUT2D eigenvalue weighted by atomic mass is 16.1. The van der Waals surface area contributed by atoms with Crippen LogP contribution in [0.3, 0.4) is 0 Å². The van der Waals surface area contributed by atoms with Gasteiger partial charge in [-0.15, -0.1) is 0 Å². The number of anilines is 1. The Hall–Kier alpha value is -1.32. The number of nitrogens with zero attached hydrogens (tertiary/aromatic N) is 1. The van der Waals surface area contributed by atoms with Crippen LogP contribution in [-0.4, -0.2) is 16.0 Å². The Morgan fingerprint density at radius 2 is 1.95 bits per heavy atom. The van der Waals surface area contributed by atoms with Gasteiger partial charge in [0.2, 0.25) is 0 Å². The van der Waals surface area contributed by atoms with Crippen LogP contribution in [-0.2, 0) is 0 Å². The van der Waals surface area contributed by atoms with E-state index in [0.29, 0.717) is 17.8 Å². The maximum atomic E-state index is 11.6. The van der Waals surface area contributed by atoms with Crippen molar-refractivity contribution < 1.29 is 0 Å². The number of H-pyrrole nitrogens is 1. The van der Waals surface area contributed by atoms with Crippen LogP contribution in [0.4, 0.5) is 5.82 Å². The monoisotopic (exact) mass is 263 g/mol. The third-order valence-corrected chi connectivity index (χ3v) is 4.04. The minimum atomic E-state index is -0.0722. The first kappa shape index (κ1) is 14.1. The molecule has 106 valence electrons. The van der Waals surface area contributed by atoms with E-state index in [1.807, 2.05) is 13.8 Å². The molecule has 19 heavy (non-hydrogen) atoms. The maximum Gasteiger partial charge on any atom is 0.252 e. The zero-order chi connectivity index (χ0) is 13.8. The summed E-state index contributed by atoms with van der Waals surface area (Å²) in [7, 11) is 0. The smallest absolute Gasteiger partial charge is 0.252 e. The second kappa shape index (κ2) is 6.22. The van der Waals surface area contributed by atoms with Gasteiger partial charge in [0, 0.05) is 18.0 Å². The third kappa shape index (κ3) is 3.82. The maximum absolute atomic E-state index is 11.6. The molecule has 1 heterocycles. The highest BCUT2D eigenvalue weighted by molar-refractivity contribution is 5.34. The Morgan fingerprint density at radius 3 is 2.58 bits per heavy atom. The van der Waals surface area contributed by atoms with Crippen LogP contribution < -0.4 is 10.9 Å². The van der Waals surface area contributed by atoms with Crippen LogP contribution in [0, 0.1) is 5.92 Å². The molecule has 0 radical (unpaired) electrons. The summed E-state index contributed by atoms with van der Waals surface area (Å²) in [5, 5.41) is 3.42. The van der Waals surface area contributed by atoms with Gasteiger partial charge in [0.15, 0.2) is 0 Å². The van der Waals surface area contributed by atoms with E-state index in [1.54, 1.807) is 6.07 Å². The van der Waals surface area contributed by atoms with E-state index in [2.05, 4.69) is 22.2 Å². The first-order valence-electron chi connectivity index (χ1n) is 7.44. The molecule has 0 aromatic carbocycles. The lowest BCUT2D eigenvalue weighted by atomic mass is 9.84. The summed E-state index contributed by atoms with van der Waals surface area (Å²) in [6, 6.07) is 1.94. The Bertz CT molecular complexity index is 461. The number of hydrogen-bond donors (Lipinski definition) is 2. The zero-order valence-corrected chi connectivity index (χ0v) is 12.2. The fourth-order valence-electron chi connectivity index (χ4n) is 2.81. The van der Waals surface area contributed by atoms with E-state index in [0.717, 1.165) is 5.82 Å². The molecule has 0 saturated heterocycles. The molecule has 0 amide bonds. The fraction of sp³-hybridized carbons (Fsp3) is 0.733. The van der Waals surface area contributed by atoms with E-state index in [1.165, 1.54) is 32.1 Å². The molecule has 4 heteroatoms. The average molecular weight is 263 g/mol. The molecule has 1 aliphatic carbocycles. The van der Waals surface area contributed by atoms with E-state index >= 15 is 0 Å². The first-order chi connectivity index (χ1) is 9.06.